The van der Waals surface area contributed by atoms with Gasteiger partial charge < -0.3 is 10.6 Å². The molecule has 3 aromatic rings. The molecule has 2 atom stereocenters. The number of ketones is 1. The summed E-state index contributed by atoms with van der Waals surface area (Å²) in [4.78, 5) is 50.1. The van der Waals surface area contributed by atoms with Crippen LogP contribution in [0.3, 0.4) is 0 Å². The lowest BCUT2D eigenvalue weighted by molar-refractivity contribution is -0.696. The molecule has 0 saturated carbocycles. The van der Waals surface area contributed by atoms with Gasteiger partial charge in [-0.25, -0.2) is 14.9 Å². The van der Waals surface area contributed by atoms with Gasteiger partial charge in [-0.15, -0.1) is 16.4 Å². The Morgan fingerprint density at radius 1 is 1.37 bits per heavy atom. The highest BCUT2D eigenvalue weighted by atomic mass is 32.2. The Labute approximate surface area is 224 Å². The number of amides is 1. The number of Topliss-reactive ketones (excluding diaryl/α,β-unsaturated/α-hetero) is 1. The number of thiazole rings is 1. The molecular weight excluding hydrogens is 530 g/mol. The second-order valence-electron chi connectivity index (χ2n) is 9.14. The van der Waals surface area contributed by atoms with Gasteiger partial charge in [-0.3, -0.25) is 14.5 Å². The van der Waals surface area contributed by atoms with Crippen LogP contribution < -0.4 is 16.0 Å². The topological polar surface area (TPSA) is 165 Å². The maximum absolute atomic E-state index is 13.5. The first-order chi connectivity index (χ1) is 18.5. The molecule has 3 N–H and O–H groups in total. The first-order valence-electron chi connectivity index (χ1n) is 12.0. The fourth-order valence-electron chi connectivity index (χ4n) is 5.24. The summed E-state index contributed by atoms with van der Waals surface area (Å²) in [6.07, 6.45) is 6.56. The minimum atomic E-state index is -0.590. The summed E-state index contributed by atoms with van der Waals surface area (Å²) < 4.78 is 3.32. The number of carbonyl (C=O) groups excluding carboxylic acids is 2. The standard InChI is InChI=1S/C23H23N9O4S2/c1-36-27-18(17-9-25-22(24)38-17)16(33)8-14-20(34)31-19(32-23(35)26-28-29-32)13(11-37-21(14)31)10-30-7-3-5-12-4-2-6-15(12)30/h3,5,7,9,14,21H,2,4,6,8,10-11H2,1H3,(H2-,24,25,26,27,29,35)/p+1/t14-,21-/m1/s1. The van der Waals surface area contributed by atoms with Crippen molar-refractivity contribution in [1.82, 2.24) is 30.1 Å². The lowest BCUT2D eigenvalue weighted by Gasteiger charge is -2.49. The van der Waals surface area contributed by atoms with Gasteiger partial charge in [0.2, 0.25) is 5.91 Å². The summed E-state index contributed by atoms with van der Waals surface area (Å²) in [5, 5.41) is 13.7. The predicted molar refractivity (Wildman–Crippen MR) is 139 cm³/mol. The summed E-state index contributed by atoms with van der Waals surface area (Å²) in [5.41, 5.74) is 8.74. The van der Waals surface area contributed by atoms with Crippen LogP contribution in [0.5, 0.6) is 0 Å². The smallest absolute Gasteiger partial charge is 0.367 e. The van der Waals surface area contributed by atoms with Gasteiger partial charge in [0, 0.05) is 42.0 Å². The van der Waals surface area contributed by atoms with Crippen molar-refractivity contribution in [2.24, 2.45) is 11.1 Å². The summed E-state index contributed by atoms with van der Waals surface area (Å²) in [7, 11) is 1.35. The highest BCUT2D eigenvalue weighted by Gasteiger charge is 2.54. The Kier molecular flexibility index (Phi) is 6.31. The van der Waals surface area contributed by atoms with E-state index in [0.717, 1.165) is 40.9 Å². The number of aromatic nitrogens is 6. The van der Waals surface area contributed by atoms with E-state index >= 15 is 0 Å². The van der Waals surface area contributed by atoms with E-state index < -0.39 is 11.6 Å². The molecule has 1 amide bonds. The van der Waals surface area contributed by atoms with Gasteiger partial charge in [0.15, 0.2) is 40.9 Å². The molecule has 1 fully saturated rings. The first kappa shape index (κ1) is 24.5. The van der Waals surface area contributed by atoms with Gasteiger partial charge in [-0.1, -0.05) is 16.5 Å². The maximum atomic E-state index is 13.5. The van der Waals surface area contributed by atoms with E-state index in [9.17, 15) is 14.4 Å². The molecule has 0 spiro atoms. The van der Waals surface area contributed by atoms with Crippen LogP contribution in [0.1, 0.15) is 29.0 Å². The van der Waals surface area contributed by atoms with Gasteiger partial charge in [-0.05, 0) is 29.3 Å². The second-order valence-corrected chi connectivity index (χ2v) is 11.3. The van der Waals surface area contributed by atoms with Crippen molar-refractivity contribution in [1.29, 1.82) is 0 Å². The molecular formula is C23H24N9O4S2+. The summed E-state index contributed by atoms with van der Waals surface area (Å²) >= 11 is 2.68. The molecule has 5 heterocycles. The van der Waals surface area contributed by atoms with Crippen molar-refractivity contribution >= 4 is 51.5 Å². The van der Waals surface area contributed by atoms with Crippen molar-refractivity contribution in [2.45, 2.75) is 37.6 Å². The quantitative estimate of drug-likeness (QED) is 0.171. The third-order valence-electron chi connectivity index (χ3n) is 6.91. The molecule has 13 nitrogen and oxygen atoms in total. The van der Waals surface area contributed by atoms with E-state index in [1.165, 1.54) is 24.6 Å². The largest absolute Gasteiger partial charge is 0.399 e. The zero-order valence-corrected chi connectivity index (χ0v) is 22.0. The molecule has 0 unspecified atom stereocenters. The number of H-pyrrole nitrogens is 1. The number of carbonyl (C=O) groups is 2. The van der Waals surface area contributed by atoms with Crippen LogP contribution in [0.4, 0.5) is 5.13 Å². The molecule has 0 radical (unpaired) electrons. The number of nitrogens with zero attached hydrogens (tertiary/aromatic N) is 7. The number of pyridine rings is 1. The Bertz CT molecular complexity index is 1560. The molecule has 1 saturated heterocycles. The maximum Gasteiger partial charge on any atom is 0.367 e. The third-order valence-corrected chi connectivity index (χ3v) is 9.14. The van der Waals surface area contributed by atoms with Crippen LogP contribution in [0.25, 0.3) is 5.82 Å². The average Bonchev–Trinajstić information content (AvgIpc) is 3.67. The number of fused-ring (bicyclic) bond motifs is 2. The van der Waals surface area contributed by atoms with E-state index in [-0.39, 0.29) is 29.2 Å². The highest BCUT2D eigenvalue weighted by molar-refractivity contribution is 8.00. The van der Waals surface area contributed by atoms with Crippen LogP contribution in [0.15, 0.2) is 40.0 Å². The SMILES string of the molecule is CO/N=C(\C(=O)C[C@@H]1C(=O)N2C(n3nn[nH]c3=O)=C(C[n+]3cccc4c3CCC4)CS[C@H]12)c1cnc(N)s1. The molecule has 15 heteroatoms. The monoisotopic (exact) mass is 554 g/mol. The number of nitrogens with one attached hydrogen (secondary N) is 1. The molecule has 0 aromatic carbocycles. The van der Waals surface area contributed by atoms with Crippen LogP contribution in [-0.4, -0.2) is 65.7 Å². The van der Waals surface area contributed by atoms with Crippen molar-refractivity contribution in [3.8, 4) is 0 Å². The number of nitrogens with two attached hydrogens (primary N) is 1. The number of thioether (sulfide) groups is 1. The van der Waals surface area contributed by atoms with Gasteiger partial charge in [0.05, 0.1) is 16.2 Å². The van der Waals surface area contributed by atoms with Crippen LogP contribution in [0.2, 0.25) is 0 Å². The molecule has 2 aliphatic heterocycles. The number of rotatable bonds is 8. The van der Waals surface area contributed by atoms with E-state index in [1.54, 1.807) is 16.7 Å². The number of hydrogen-bond acceptors (Lipinski definition) is 11. The van der Waals surface area contributed by atoms with E-state index in [4.69, 9.17) is 10.6 Å². The number of hydrogen-bond donors (Lipinski definition) is 2. The Morgan fingerprint density at radius 3 is 2.97 bits per heavy atom. The van der Waals surface area contributed by atoms with Crippen LogP contribution in [-0.2, 0) is 33.8 Å². The molecule has 3 aromatic heterocycles. The Morgan fingerprint density at radius 2 is 2.24 bits per heavy atom. The van der Waals surface area contributed by atoms with Crippen LogP contribution >= 0.6 is 23.1 Å². The average molecular weight is 555 g/mol. The van der Waals surface area contributed by atoms with E-state index in [2.05, 4.69) is 36.3 Å². The third kappa shape index (κ3) is 4.11. The van der Waals surface area contributed by atoms with Crippen LogP contribution in [0, 0.1) is 5.92 Å². The van der Waals surface area contributed by atoms with Gasteiger partial charge >= 0.3 is 5.69 Å². The fourth-order valence-corrected chi connectivity index (χ4v) is 7.31. The summed E-state index contributed by atoms with van der Waals surface area (Å²) in [6.45, 7) is 0.516. The molecule has 38 heavy (non-hydrogen) atoms. The van der Waals surface area contributed by atoms with Crippen molar-refractivity contribution in [3.63, 3.8) is 0 Å². The zero-order valence-electron chi connectivity index (χ0n) is 20.4. The molecule has 0 bridgehead atoms. The Hall–Kier alpha value is -3.85. The number of β-lactam (4-membered cyclic amide) rings is 1. The first-order valence-corrected chi connectivity index (χ1v) is 13.9. The molecule has 1 aliphatic carbocycles. The predicted octanol–water partition coefficient (Wildman–Crippen LogP) is 0.191. The number of aryl methyl sites for hydroxylation is 1. The normalized spacial score (nSPS) is 20.8. The van der Waals surface area contributed by atoms with Gasteiger partial charge in [0.25, 0.3) is 0 Å². The Balaban J connectivity index is 1.30. The fraction of sp³-hybridized carbons (Fsp3) is 0.391. The molecule has 196 valence electrons. The van der Waals surface area contributed by atoms with Crippen molar-refractivity contribution < 1.29 is 19.0 Å². The molecule has 3 aliphatic rings. The highest BCUT2D eigenvalue weighted by Crippen LogP contribution is 2.46. The summed E-state index contributed by atoms with van der Waals surface area (Å²) in [6, 6.07) is 4.17. The number of nitrogen functional groups attached to an aromatic ring is 1. The lowest BCUT2D eigenvalue weighted by atomic mass is 9.90. The van der Waals surface area contributed by atoms with Crippen molar-refractivity contribution in [2.75, 3.05) is 18.6 Å². The van der Waals surface area contributed by atoms with Crippen molar-refractivity contribution in [3.05, 3.63) is 56.7 Å². The zero-order chi connectivity index (χ0) is 26.4. The number of anilines is 1. The second kappa shape index (κ2) is 9.79. The lowest BCUT2D eigenvalue weighted by Crippen LogP contribution is -2.62. The number of aromatic amines is 1. The van der Waals surface area contributed by atoms with E-state index in [1.807, 2.05) is 12.3 Å². The van der Waals surface area contributed by atoms with Gasteiger partial charge in [0.1, 0.15) is 7.11 Å². The number of oxime groups is 1. The minimum absolute atomic E-state index is 0.0652. The molecule has 6 rings (SSSR count). The minimum Gasteiger partial charge on any atom is -0.399 e. The van der Waals surface area contributed by atoms with E-state index in [0.29, 0.717) is 28.1 Å². The number of tetrazole rings is 1. The summed E-state index contributed by atoms with van der Waals surface area (Å²) in [5.74, 6) is -0.228. The van der Waals surface area contributed by atoms with Gasteiger partial charge in [-0.2, -0.15) is 4.57 Å².